The first-order valence-corrected chi connectivity index (χ1v) is 11.0. The zero-order valence-corrected chi connectivity index (χ0v) is 20.0. The van der Waals surface area contributed by atoms with Gasteiger partial charge in [0.25, 0.3) is 5.91 Å². The van der Waals surface area contributed by atoms with Crippen molar-refractivity contribution < 1.29 is 9.53 Å². The fraction of sp³-hybridized carbons (Fsp3) is 0.292. The molecule has 0 aromatic carbocycles. The minimum atomic E-state index is -0.278. The van der Waals surface area contributed by atoms with Crippen LogP contribution in [0.3, 0.4) is 0 Å². The molecule has 6 N–H and O–H groups in total. The number of hydrogen-bond acceptors (Lipinski definition) is 9. The summed E-state index contributed by atoms with van der Waals surface area (Å²) in [7, 11) is 0. The molecule has 0 radical (unpaired) electrons. The third-order valence-corrected chi connectivity index (χ3v) is 4.53. The fourth-order valence-corrected chi connectivity index (χ4v) is 2.94. The van der Waals surface area contributed by atoms with Gasteiger partial charge in [-0.1, -0.05) is 13.8 Å². The monoisotopic (exact) mass is 464 g/mol. The highest BCUT2D eigenvalue weighted by Crippen LogP contribution is 2.18. The molecule has 10 heteroatoms. The van der Waals surface area contributed by atoms with E-state index in [1.165, 1.54) is 11.1 Å². The van der Waals surface area contributed by atoms with Gasteiger partial charge in [-0.25, -0.2) is 19.9 Å². The summed E-state index contributed by atoms with van der Waals surface area (Å²) in [5.74, 6) is 0.848. The number of ether oxygens (including phenoxy) is 1. The lowest BCUT2D eigenvalue weighted by atomic mass is 10.1. The van der Waals surface area contributed by atoms with Gasteiger partial charge in [0.05, 0.1) is 25.3 Å². The maximum atomic E-state index is 13.4. The highest BCUT2D eigenvalue weighted by molar-refractivity contribution is 5.97. The largest absolute Gasteiger partial charge is 0.480 e. The predicted octanol–water partition coefficient (Wildman–Crippen LogP) is 2.66. The lowest BCUT2D eigenvalue weighted by Crippen LogP contribution is -2.34. The Hall–Kier alpha value is -4.21. The molecule has 3 rings (SSSR count). The van der Waals surface area contributed by atoms with Gasteiger partial charge in [-0.05, 0) is 49.8 Å². The zero-order valence-electron chi connectivity index (χ0n) is 20.0. The van der Waals surface area contributed by atoms with Crippen LogP contribution in [0, 0.1) is 6.92 Å². The second kappa shape index (κ2) is 12.7. The topological polar surface area (TPSA) is 159 Å². The van der Waals surface area contributed by atoms with Crippen molar-refractivity contribution in [3.8, 4) is 0 Å². The number of hydrogen-bond donors (Lipinski definition) is 3. The second-order valence-corrected chi connectivity index (χ2v) is 7.03. The first-order chi connectivity index (χ1) is 16.4. The molecule has 0 aliphatic carbocycles. The maximum Gasteiger partial charge on any atom is 0.256 e. The molecule has 10 nitrogen and oxygen atoms in total. The van der Waals surface area contributed by atoms with Crippen LogP contribution in [-0.4, -0.2) is 43.9 Å². The third kappa shape index (κ3) is 7.16. The summed E-state index contributed by atoms with van der Waals surface area (Å²) in [5.41, 5.74) is 19.8. The summed E-state index contributed by atoms with van der Waals surface area (Å²) >= 11 is 0. The average Bonchev–Trinajstić information content (AvgIpc) is 2.84. The van der Waals surface area contributed by atoms with Gasteiger partial charge in [-0.2, -0.15) is 0 Å². The summed E-state index contributed by atoms with van der Waals surface area (Å²) < 4.78 is 5.18. The fourth-order valence-electron chi connectivity index (χ4n) is 2.94. The van der Waals surface area contributed by atoms with Crippen molar-refractivity contribution in [2.45, 2.75) is 34.2 Å². The highest BCUT2D eigenvalue weighted by atomic mass is 16.5. The number of carbonyl (C=O) groups is 1. The number of aryl methyl sites for hydroxylation is 1. The number of nitrogens with zero attached hydrogens (tertiary/aromatic N) is 5. The molecule has 0 atom stereocenters. The Bertz CT molecular complexity index is 1160. The quantitative estimate of drug-likeness (QED) is 0.336. The van der Waals surface area contributed by atoms with Gasteiger partial charge in [0, 0.05) is 29.7 Å². The van der Waals surface area contributed by atoms with Crippen LogP contribution in [0.25, 0.3) is 11.0 Å². The minimum Gasteiger partial charge on any atom is -0.480 e. The molecule has 0 spiro atoms. The van der Waals surface area contributed by atoms with E-state index in [1.807, 2.05) is 33.8 Å². The molecule has 1 amide bonds. The summed E-state index contributed by atoms with van der Waals surface area (Å²) in [4.78, 5) is 31.9. The molecule has 0 aliphatic heterocycles. The Labute approximate surface area is 199 Å². The average molecular weight is 465 g/mol. The predicted molar refractivity (Wildman–Crippen MR) is 133 cm³/mol. The van der Waals surface area contributed by atoms with Crippen LogP contribution in [-0.2, 0) is 11.3 Å². The second-order valence-electron chi connectivity index (χ2n) is 7.03. The van der Waals surface area contributed by atoms with Gasteiger partial charge in [-0.3, -0.25) is 4.79 Å². The Kier molecular flexibility index (Phi) is 9.75. The molecule has 0 aliphatic rings. The first kappa shape index (κ1) is 26.0. The molecule has 3 aromatic rings. The van der Waals surface area contributed by atoms with E-state index in [-0.39, 0.29) is 24.9 Å². The summed E-state index contributed by atoms with van der Waals surface area (Å²) in [6.07, 6.45) is 7.86. The van der Waals surface area contributed by atoms with Gasteiger partial charge in [0.15, 0.2) is 11.5 Å². The van der Waals surface area contributed by atoms with Crippen molar-refractivity contribution in [1.82, 2.24) is 24.8 Å². The van der Waals surface area contributed by atoms with Crippen molar-refractivity contribution in [2.75, 3.05) is 18.9 Å². The maximum absolute atomic E-state index is 13.4. The van der Waals surface area contributed by atoms with E-state index in [0.717, 1.165) is 10.9 Å². The third-order valence-electron chi connectivity index (χ3n) is 4.53. The molecular weight excluding hydrogens is 432 g/mol. The van der Waals surface area contributed by atoms with Crippen LogP contribution in [0.1, 0.15) is 42.5 Å². The van der Waals surface area contributed by atoms with Crippen molar-refractivity contribution >= 4 is 22.8 Å². The number of rotatable bonds is 8. The van der Waals surface area contributed by atoms with Crippen LogP contribution < -0.4 is 17.2 Å². The summed E-state index contributed by atoms with van der Waals surface area (Å²) in [5, 5.41) is 0.717. The Morgan fingerprint density at radius 3 is 2.50 bits per heavy atom. The van der Waals surface area contributed by atoms with Gasteiger partial charge >= 0.3 is 0 Å². The van der Waals surface area contributed by atoms with Crippen molar-refractivity contribution in [2.24, 2.45) is 11.5 Å². The van der Waals surface area contributed by atoms with Crippen LogP contribution in [0.5, 0.6) is 0 Å². The number of allylic oxidation sites excluding steroid dienone is 2. The van der Waals surface area contributed by atoms with Crippen LogP contribution in [0.15, 0.2) is 60.5 Å². The standard InChI is InChI=1S/C22H26N8O2.C2H6/c1-3-32-18(24)6-5-17(23)12-30(13-19-26-7-4-8-27-19)22(31)16-10-15-9-14(2)20(25)29-21(15)28-11-16;1-2/h4-11H,3,12-13,23-24H2,1-2H3,(H2,25,28,29);1-2H3/b17-5-,18-6+;. The molecule has 3 aromatic heterocycles. The van der Waals surface area contributed by atoms with Crippen molar-refractivity contribution in [1.29, 1.82) is 0 Å². The van der Waals surface area contributed by atoms with Crippen molar-refractivity contribution in [3.05, 3.63) is 77.5 Å². The molecular formula is C24H32N8O2. The Balaban J connectivity index is 0.00000199. The normalized spacial score (nSPS) is 11.5. The first-order valence-electron chi connectivity index (χ1n) is 11.0. The molecule has 0 bridgehead atoms. The molecule has 3 heterocycles. The van der Waals surface area contributed by atoms with E-state index in [2.05, 4.69) is 19.9 Å². The molecule has 0 saturated carbocycles. The number of fused-ring (bicyclic) bond motifs is 1. The highest BCUT2D eigenvalue weighted by Gasteiger charge is 2.19. The smallest absolute Gasteiger partial charge is 0.256 e. The van der Waals surface area contributed by atoms with Crippen LogP contribution in [0.2, 0.25) is 0 Å². The van der Waals surface area contributed by atoms with E-state index in [1.54, 1.807) is 36.7 Å². The minimum absolute atomic E-state index is 0.129. The molecule has 180 valence electrons. The van der Waals surface area contributed by atoms with E-state index >= 15 is 0 Å². The number of carbonyl (C=O) groups excluding carboxylic acids is 1. The van der Waals surface area contributed by atoms with Crippen LogP contribution >= 0.6 is 0 Å². The zero-order chi connectivity index (χ0) is 25.1. The van der Waals surface area contributed by atoms with Gasteiger partial charge < -0.3 is 26.8 Å². The molecule has 34 heavy (non-hydrogen) atoms. The Morgan fingerprint density at radius 2 is 1.82 bits per heavy atom. The summed E-state index contributed by atoms with van der Waals surface area (Å²) in [6.45, 7) is 8.42. The SMILES string of the molecule is CC.CCO/C(N)=C/C=C(\N)CN(Cc1ncccn1)C(=O)c1cnc2nc(N)c(C)cc2c1. The lowest BCUT2D eigenvalue weighted by molar-refractivity contribution is 0.0753. The number of aromatic nitrogens is 4. The van der Waals surface area contributed by atoms with E-state index in [0.29, 0.717) is 35.2 Å². The summed E-state index contributed by atoms with van der Waals surface area (Å²) in [6, 6.07) is 5.29. The number of nitrogens with two attached hydrogens (primary N) is 3. The molecule has 0 saturated heterocycles. The van der Waals surface area contributed by atoms with Gasteiger partial charge in [0.1, 0.15) is 11.6 Å². The van der Waals surface area contributed by atoms with E-state index < -0.39 is 0 Å². The lowest BCUT2D eigenvalue weighted by Gasteiger charge is -2.22. The van der Waals surface area contributed by atoms with E-state index in [9.17, 15) is 4.79 Å². The molecule has 0 unspecified atom stereocenters. The number of amides is 1. The van der Waals surface area contributed by atoms with Gasteiger partial charge in [-0.15, -0.1) is 0 Å². The van der Waals surface area contributed by atoms with Crippen LogP contribution in [0.4, 0.5) is 5.82 Å². The number of pyridine rings is 2. The van der Waals surface area contributed by atoms with Crippen molar-refractivity contribution in [3.63, 3.8) is 0 Å². The molecule has 0 fully saturated rings. The Morgan fingerprint density at radius 1 is 1.12 bits per heavy atom. The number of nitrogen functional groups attached to an aromatic ring is 1. The van der Waals surface area contributed by atoms with E-state index in [4.69, 9.17) is 21.9 Å². The van der Waals surface area contributed by atoms with Gasteiger partial charge in [0.2, 0.25) is 0 Å². The number of anilines is 1.